The number of hydrogen-bond donors (Lipinski definition) is 0. The van der Waals surface area contributed by atoms with Crippen LogP contribution < -0.4 is 9.47 Å². The molecule has 0 spiro atoms. The highest BCUT2D eigenvalue weighted by Gasteiger charge is 2.12. The predicted molar refractivity (Wildman–Crippen MR) is 109 cm³/mol. The molecule has 0 aliphatic rings. The molecule has 0 aromatic heterocycles. The smallest absolute Gasteiger partial charge is 0.337 e. The molecule has 0 saturated carbocycles. The zero-order valence-electron chi connectivity index (χ0n) is 16.8. The highest BCUT2D eigenvalue weighted by molar-refractivity contribution is 5.90. The molecule has 2 rings (SSSR count). The average Bonchev–Trinajstić information content (AvgIpc) is 2.75. The summed E-state index contributed by atoms with van der Waals surface area (Å²) in [6.07, 6.45) is 6.10. The van der Waals surface area contributed by atoms with Gasteiger partial charge in [-0.3, -0.25) is 0 Å². The van der Waals surface area contributed by atoms with Crippen molar-refractivity contribution in [3.05, 3.63) is 65.9 Å². The van der Waals surface area contributed by atoms with Crippen LogP contribution in [-0.4, -0.2) is 26.8 Å². The van der Waals surface area contributed by atoms with Crippen LogP contribution in [0.2, 0.25) is 0 Å². The van der Waals surface area contributed by atoms with Gasteiger partial charge in [0.05, 0.1) is 26.4 Å². The summed E-state index contributed by atoms with van der Waals surface area (Å²) in [6, 6.07) is 14.7. The fourth-order valence-corrected chi connectivity index (χ4v) is 2.63. The Morgan fingerprint density at radius 2 is 1.71 bits per heavy atom. The van der Waals surface area contributed by atoms with E-state index in [2.05, 4.69) is 6.92 Å². The minimum Gasteiger partial charge on any atom is -0.493 e. The number of carbonyl (C=O) groups is 1. The van der Waals surface area contributed by atoms with Gasteiger partial charge in [-0.25, -0.2) is 4.79 Å². The lowest BCUT2D eigenvalue weighted by Gasteiger charge is -2.13. The number of rotatable bonds is 11. The van der Waals surface area contributed by atoms with Crippen molar-refractivity contribution in [2.45, 2.75) is 32.6 Å². The Balaban J connectivity index is 2.16. The zero-order chi connectivity index (χ0) is 20.2. The van der Waals surface area contributed by atoms with Crippen molar-refractivity contribution in [2.24, 2.45) is 0 Å². The monoisotopic (exact) mass is 384 g/mol. The van der Waals surface area contributed by atoms with Gasteiger partial charge in [-0.05, 0) is 24.6 Å². The molecule has 0 bridgehead atoms. The molecule has 0 amide bonds. The SMILES string of the molecule is CCCCCCO/C(=C/Oc1ccc(C(=O)OC)cc1OC)c1ccccc1. The van der Waals surface area contributed by atoms with Crippen LogP contribution in [0.15, 0.2) is 54.8 Å². The highest BCUT2D eigenvalue weighted by atomic mass is 16.5. The Morgan fingerprint density at radius 3 is 2.39 bits per heavy atom. The summed E-state index contributed by atoms with van der Waals surface area (Å²) in [5, 5.41) is 0. The molecule has 0 aliphatic carbocycles. The summed E-state index contributed by atoms with van der Waals surface area (Å²) < 4.78 is 21.9. The maximum atomic E-state index is 11.7. The molecule has 0 radical (unpaired) electrons. The van der Waals surface area contributed by atoms with E-state index in [0.29, 0.717) is 29.4 Å². The van der Waals surface area contributed by atoms with Crippen LogP contribution in [0.5, 0.6) is 11.5 Å². The molecular weight excluding hydrogens is 356 g/mol. The number of methoxy groups -OCH3 is 2. The number of ether oxygens (including phenoxy) is 4. The largest absolute Gasteiger partial charge is 0.493 e. The summed E-state index contributed by atoms with van der Waals surface area (Å²) in [5.41, 5.74) is 1.33. The minimum absolute atomic E-state index is 0.395. The summed E-state index contributed by atoms with van der Waals surface area (Å²) in [5.74, 6) is 1.14. The second-order valence-corrected chi connectivity index (χ2v) is 6.23. The van der Waals surface area contributed by atoms with Crippen molar-refractivity contribution in [1.82, 2.24) is 0 Å². The third-order valence-corrected chi connectivity index (χ3v) is 4.19. The van der Waals surface area contributed by atoms with E-state index in [1.807, 2.05) is 30.3 Å². The molecule has 0 unspecified atom stereocenters. The number of unbranched alkanes of at least 4 members (excludes halogenated alkanes) is 3. The average molecular weight is 384 g/mol. The van der Waals surface area contributed by atoms with Gasteiger partial charge in [0, 0.05) is 5.56 Å². The van der Waals surface area contributed by atoms with Gasteiger partial charge in [-0.2, -0.15) is 0 Å². The van der Waals surface area contributed by atoms with Gasteiger partial charge in [-0.1, -0.05) is 56.5 Å². The van der Waals surface area contributed by atoms with E-state index in [0.717, 1.165) is 18.4 Å². The Morgan fingerprint density at radius 1 is 0.929 bits per heavy atom. The first-order chi connectivity index (χ1) is 13.7. The number of esters is 1. The summed E-state index contributed by atoms with van der Waals surface area (Å²) in [7, 11) is 2.86. The quantitative estimate of drug-likeness (QED) is 0.293. The standard InChI is InChI=1S/C23H28O5/c1-4-5-6-10-15-27-22(18-11-8-7-9-12-18)17-28-20-14-13-19(23(24)26-3)16-21(20)25-2/h7-9,11-14,16-17H,4-6,10,15H2,1-3H3/b22-17+. The van der Waals surface area contributed by atoms with Crippen molar-refractivity contribution in [2.75, 3.05) is 20.8 Å². The minimum atomic E-state index is -0.430. The van der Waals surface area contributed by atoms with Crippen LogP contribution in [-0.2, 0) is 9.47 Å². The molecule has 0 saturated heterocycles. The summed E-state index contributed by atoms with van der Waals surface area (Å²) in [4.78, 5) is 11.7. The van der Waals surface area contributed by atoms with Gasteiger partial charge in [0.2, 0.25) is 0 Å². The van der Waals surface area contributed by atoms with Gasteiger partial charge >= 0.3 is 5.97 Å². The maximum absolute atomic E-state index is 11.7. The van der Waals surface area contributed by atoms with Crippen LogP contribution in [0.1, 0.15) is 48.5 Å². The lowest BCUT2D eigenvalue weighted by molar-refractivity contribution is 0.0600. The van der Waals surface area contributed by atoms with E-state index in [4.69, 9.17) is 18.9 Å². The fourth-order valence-electron chi connectivity index (χ4n) is 2.63. The molecule has 150 valence electrons. The maximum Gasteiger partial charge on any atom is 0.337 e. The van der Waals surface area contributed by atoms with Gasteiger partial charge < -0.3 is 18.9 Å². The molecular formula is C23H28O5. The molecule has 0 heterocycles. The second kappa shape index (κ2) is 11.7. The van der Waals surface area contributed by atoms with Gasteiger partial charge in [-0.15, -0.1) is 0 Å². The molecule has 2 aromatic rings. The van der Waals surface area contributed by atoms with Crippen molar-refractivity contribution >= 4 is 11.7 Å². The van der Waals surface area contributed by atoms with E-state index in [9.17, 15) is 4.79 Å². The van der Waals surface area contributed by atoms with Crippen molar-refractivity contribution in [1.29, 1.82) is 0 Å². The second-order valence-electron chi connectivity index (χ2n) is 6.23. The fraction of sp³-hybridized carbons (Fsp3) is 0.348. The lowest BCUT2D eigenvalue weighted by atomic mass is 10.2. The number of benzene rings is 2. The van der Waals surface area contributed by atoms with E-state index < -0.39 is 5.97 Å². The van der Waals surface area contributed by atoms with E-state index in [1.165, 1.54) is 27.1 Å². The number of hydrogen-bond acceptors (Lipinski definition) is 5. The molecule has 28 heavy (non-hydrogen) atoms. The third kappa shape index (κ3) is 6.34. The van der Waals surface area contributed by atoms with E-state index >= 15 is 0 Å². The predicted octanol–water partition coefficient (Wildman–Crippen LogP) is 5.46. The first-order valence-corrected chi connectivity index (χ1v) is 9.51. The van der Waals surface area contributed by atoms with Crippen molar-refractivity contribution in [3.8, 4) is 11.5 Å². The van der Waals surface area contributed by atoms with Crippen LogP contribution in [0.3, 0.4) is 0 Å². The molecule has 2 aromatic carbocycles. The Labute approximate surface area is 166 Å². The topological polar surface area (TPSA) is 54.0 Å². The summed E-state index contributed by atoms with van der Waals surface area (Å²) in [6.45, 7) is 2.81. The highest BCUT2D eigenvalue weighted by Crippen LogP contribution is 2.29. The Hall–Kier alpha value is -2.95. The Bertz CT molecular complexity index is 768. The number of carbonyl (C=O) groups excluding carboxylic acids is 1. The van der Waals surface area contributed by atoms with Crippen LogP contribution in [0.25, 0.3) is 5.76 Å². The molecule has 0 atom stereocenters. The molecule has 0 fully saturated rings. The van der Waals surface area contributed by atoms with Crippen molar-refractivity contribution < 1.29 is 23.7 Å². The lowest BCUT2D eigenvalue weighted by Crippen LogP contribution is -2.02. The van der Waals surface area contributed by atoms with E-state index in [1.54, 1.807) is 24.5 Å². The Kier molecular flexibility index (Phi) is 8.92. The molecule has 0 N–H and O–H groups in total. The third-order valence-electron chi connectivity index (χ3n) is 4.19. The van der Waals surface area contributed by atoms with Gasteiger partial charge in [0.25, 0.3) is 0 Å². The summed E-state index contributed by atoms with van der Waals surface area (Å²) >= 11 is 0. The van der Waals surface area contributed by atoms with Gasteiger partial charge in [0.15, 0.2) is 17.3 Å². The molecule has 5 nitrogen and oxygen atoms in total. The van der Waals surface area contributed by atoms with Gasteiger partial charge in [0.1, 0.15) is 6.26 Å². The first kappa shape index (κ1) is 21.4. The van der Waals surface area contributed by atoms with E-state index in [-0.39, 0.29) is 0 Å². The molecule has 0 aliphatic heterocycles. The zero-order valence-corrected chi connectivity index (χ0v) is 16.8. The van der Waals surface area contributed by atoms with Crippen molar-refractivity contribution in [3.63, 3.8) is 0 Å². The van der Waals surface area contributed by atoms with Crippen LogP contribution >= 0.6 is 0 Å². The first-order valence-electron chi connectivity index (χ1n) is 9.51. The van der Waals surface area contributed by atoms with Crippen LogP contribution in [0, 0.1) is 0 Å². The van der Waals surface area contributed by atoms with Crippen LogP contribution in [0.4, 0.5) is 0 Å². The normalized spacial score (nSPS) is 11.0. The molecule has 5 heteroatoms.